The predicted octanol–water partition coefficient (Wildman–Crippen LogP) is 3.34. The molecule has 6 N–H and O–H groups in total. The van der Waals surface area contributed by atoms with Gasteiger partial charge in [0.2, 0.25) is 5.91 Å². The summed E-state index contributed by atoms with van der Waals surface area (Å²) in [5.41, 5.74) is 2.89. The molecule has 0 saturated carbocycles. The van der Waals surface area contributed by atoms with Crippen LogP contribution in [0, 0.1) is 0 Å². The Bertz CT molecular complexity index is 1280. The average molecular weight is 512 g/mol. The maximum atomic E-state index is 12.6. The highest BCUT2D eigenvalue weighted by molar-refractivity contribution is 5.94. The molecule has 0 aliphatic heterocycles. The number of carbonyl (C=O) groups excluding carboxylic acids is 2. The minimum atomic E-state index is -0.511. The van der Waals surface area contributed by atoms with Crippen molar-refractivity contribution < 1.29 is 25.0 Å². The Morgan fingerprint density at radius 1 is 1.00 bits per heavy atom. The molecule has 0 atom stereocenters. The number of aromatic amines is 1. The maximum Gasteiger partial charge on any atom is 0.348 e. The van der Waals surface area contributed by atoms with E-state index in [1.54, 1.807) is 35.8 Å². The molecule has 1 aromatic heterocycles. The molecule has 0 spiro atoms. The van der Waals surface area contributed by atoms with Gasteiger partial charge in [-0.1, -0.05) is 33.1 Å². The van der Waals surface area contributed by atoms with E-state index in [2.05, 4.69) is 15.5 Å². The van der Waals surface area contributed by atoms with E-state index in [1.165, 1.54) is 10.6 Å². The number of aromatic nitrogens is 3. The topological polar surface area (TPSA) is 170 Å². The smallest absolute Gasteiger partial charge is 0.348 e. The van der Waals surface area contributed by atoms with Crippen LogP contribution in [0.15, 0.2) is 41.2 Å². The van der Waals surface area contributed by atoms with Gasteiger partial charge in [-0.2, -0.15) is 5.10 Å². The lowest BCUT2D eigenvalue weighted by Gasteiger charge is -2.13. The van der Waals surface area contributed by atoms with Gasteiger partial charge in [0, 0.05) is 24.6 Å². The first kappa shape index (κ1) is 27.5. The molecule has 0 aliphatic rings. The molecule has 3 rings (SSSR count). The summed E-state index contributed by atoms with van der Waals surface area (Å²) in [6, 6.07) is 9.30. The summed E-state index contributed by atoms with van der Waals surface area (Å²) < 4.78 is 1.29. The zero-order valence-electron chi connectivity index (χ0n) is 21.0. The minimum Gasteiger partial charge on any atom is -0.508 e. The van der Waals surface area contributed by atoms with E-state index in [0.717, 1.165) is 25.7 Å². The van der Waals surface area contributed by atoms with Crippen molar-refractivity contribution in [3.05, 3.63) is 58.0 Å². The average Bonchev–Trinajstić information content (AvgIpc) is 3.26. The Morgan fingerprint density at radius 2 is 1.68 bits per heavy atom. The van der Waals surface area contributed by atoms with Crippen molar-refractivity contribution >= 4 is 11.8 Å². The van der Waals surface area contributed by atoms with Crippen LogP contribution in [0.4, 0.5) is 0 Å². The molecule has 0 unspecified atom stereocenters. The molecule has 11 nitrogen and oxygen atoms in total. The van der Waals surface area contributed by atoms with Crippen LogP contribution < -0.4 is 16.5 Å². The summed E-state index contributed by atoms with van der Waals surface area (Å²) in [6.45, 7) is 4.32. The fourth-order valence-corrected chi connectivity index (χ4v) is 4.02. The van der Waals surface area contributed by atoms with Gasteiger partial charge in [-0.15, -0.1) is 0 Å². The van der Waals surface area contributed by atoms with Crippen molar-refractivity contribution in [3.8, 4) is 28.6 Å². The van der Waals surface area contributed by atoms with Gasteiger partial charge in [-0.25, -0.2) is 19.9 Å². The molecule has 11 heteroatoms. The van der Waals surface area contributed by atoms with Crippen LogP contribution >= 0.6 is 0 Å². The van der Waals surface area contributed by atoms with Crippen molar-refractivity contribution in [1.29, 1.82) is 0 Å². The first-order valence-corrected chi connectivity index (χ1v) is 12.3. The van der Waals surface area contributed by atoms with Gasteiger partial charge in [0.1, 0.15) is 11.5 Å². The minimum absolute atomic E-state index is 0.0173. The third-order valence-electron chi connectivity index (χ3n) is 6.06. The number of hydrogen-bond acceptors (Lipinski definition) is 7. The van der Waals surface area contributed by atoms with Crippen LogP contribution in [-0.4, -0.2) is 48.5 Å². The Kier molecular flexibility index (Phi) is 9.45. The summed E-state index contributed by atoms with van der Waals surface area (Å²) >= 11 is 0. The molecule has 0 fully saturated rings. The Morgan fingerprint density at radius 3 is 2.35 bits per heavy atom. The number of carbonyl (C=O) groups is 2. The number of benzene rings is 2. The van der Waals surface area contributed by atoms with E-state index >= 15 is 0 Å². The van der Waals surface area contributed by atoms with Crippen molar-refractivity contribution in [2.45, 2.75) is 58.3 Å². The molecular weight excluding hydrogens is 478 g/mol. The van der Waals surface area contributed by atoms with Crippen LogP contribution in [0.2, 0.25) is 0 Å². The summed E-state index contributed by atoms with van der Waals surface area (Å²) in [7, 11) is 0. The summed E-state index contributed by atoms with van der Waals surface area (Å²) in [5, 5.41) is 38.4. The number of H-pyrrole nitrogens is 1. The van der Waals surface area contributed by atoms with Gasteiger partial charge in [-0.3, -0.25) is 14.8 Å². The van der Waals surface area contributed by atoms with E-state index in [1.807, 2.05) is 13.8 Å². The van der Waals surface area contributed by atoms with Crippen LogP contribution in [0.25, 0.3) is 17.1 Å². The van der Waals surface area contributed by atoms with Gasteiger partial charge in [0.15, 0.2) is 5.82 Å². The Balaban J connectivity index is 1.62. The number of aromatic hydroxyl groups is 2. The zero-order chi connectivity index (χ0) is 26.9. The number of phenols is 2. The Hall–Kier alpha value is -4.12. The maximum absolute atomic E-state index is 12.6. The molecule has 2 aromatic carbocycles. The van der Waals surface area contributed by atoms with E-state index < -0.39 is 5.69 Å². The van der Waals surface area contributed by atoms with Crippen LogP contribution in [0.5, 0.6) is 11.5 Å². The highest BCUT2D eigenvalue weighted by Gasteiger charge is 2.19. The molecule has 0 aliphatic carbocycles. The second-order valence-electron chi connectivity index (χ2n) is 9.13. The summed E-state index contributed by atoms with van der Waals surface area (Å²) in [4.78, 5) is 36.0. The van der Waals surface area contributed by atoms with E-state index in [9.17, 15) is 24.6 Å². The fraction of sp³-hybridized carbons (Fsp3) is 0.385. The monoisotopic (exact) mass is 511 g/mol. The SMILES string of the molecule is CC(C)c1cc(-c2n[nH]c(=O)n2-c2ccc(C(=O)NCCCCCCCC(=O)NO)cc2)c(O)cc1O. The molecule has 3 aromatic rings. The second-order valence-corrected chi connectivity index (χ2v) is 9.13. The third kappa shape index (κ3) is 6.98. The van der Waals surface area contributed by atoms with Crippen molar-refractivity contribution in [3.63, 3.8) is 0 Å². The lowest BCUT2D eigenvalue weighted by atomic mass is 9.98. The molecule has 0 bridgehead atoms. The first-order valence-electron chi connectivity index (χ1n) is 12.3. The standard InChI is InChI=1S/C26H33N5O6/c1-16(2)19-14-20(22(33)15-21(19)32)24-28-29-26(36)31(24)18-11-9-17(10-12-18)25(35)27-13-7-5-3-4-6-8-23(34)30-37/h9-12,14-16,32-33,37H,3-8,13H2,1-2H3,(H,27,35)(H,29,36)(H,30,34). The number of hydrogen-bond donors (Lipinski definition) is 6. The van der Waals surface area contributed by atoms with Crippen molar-refractivity contribution in [1.82, 2.24) is 25.6 Å². The molecule has 198 valence electrons. The quantitative estimate of drug-likeness (QED) is 0.123. The van der Waals surface area contributed by atoms with Crippen LogP contribution in [0.3, 0.4) is 0 Å². The van der Waals surface area contributed by atoms with Crippen LogP contribution in [0.1, 0.15) is 74.2 Å². The van der Waals surface area contributed by atoms with Gasteiger partial charge in [0.25, 0.3) is 5.91 Å². The molecular formula is C26H33N5O6. The first-order chi connectivity index (χ1) is 17.7. The normalized spacial score (nSPS) is 11.0. The number of hydroxylamine groups is 1. The number of nitrogens with zero attached hydrogens (tertiary/aromatic N) is 2. The lowest BCUT2D eigenvalue weighted by molar-refractivity contribution is -0.129. The third-order valence-corrected chi connectivity index (χ3v) is 6.06. The number of rotatable bonds is 12. The molecule has 0 saturated heterocycles. The molecule has 37 heavy (non-hydrogen) atoms. The van der Waals surface area contributed by atoms with Crippen LogP contribution in [-0.2, 0) is 4.79 Å². The zero-order valence-corrected chi connectivity index (χ0v) is 21.0. The second kappa shape index (κ2) is 12.7. The van der Waals surface area contributed by atoms with Gasteiger partial charge in [0.05, 0.1) is 11.3 Å². The highest BCUT2D eigenvalue weighted by Crippen LogP contribution is 2.37. The van der Waals surface area contributed by atoms with E-state index in [0.29, 0.717) is 41.8 Å². The highest BCUT2D eigenvalue weighted by atomic mass is 16.5. The summed E-state index contributed by atoms with van der Waals surface area (Å²) in [5.74, 6) is -0.707. The van der Waals surface area contributed by atoms with Gasteiger partial charge < -0.3 is 15.5 Å². The number of phenolic OH excluding ortho intramolecular Hbond substituents is 2. The molecule has 0 radical (unpaired) electrons. The van der Waals surface area contributed by atoms with E-state index in [4.69, 9.17) is 5.21 Å². The van der Waals surface area contributed by atoms with E-state index in [-0.39, 0.29) is 35.1 Å². The van der Waals surface area contributed by atoms with Gasteiger partial charge >= 0.3 is 5.69 Å². The molecule has 1 heterocycles. The molecule has 2 amide bonds. The predicted molar refractivity (Wildman–Crippen MR) is 137 cm³/mol. The number of unbranched alkanes of at least 4 members (excludes halogenated alkanes) is 4. The fourth-order valence-electron chi connectivity index (χ4n) is 4.02. The van der Waals surface area contributed by atoms with Gasteiger partial charge in [-0.05, 0) is 54.7 Å². The number of nitrogens with one attached hydrogen (secondary N) is 3. The van der Waals surface area contributed by atoms with Crippen molar-refractivity contribution in [2.24, 2.45) is 0 Å². The Labute approximate surface area is 214 Å². The summed E-state index contributed by atoms with van der Waals surface area (Å²) in [6.07, 6.45) is 4.52. The largest absolute Gasteiger partial charge is 0.508 e. The van der Waals surface area contributed by atoms with Crippen molar-refractivity contribution in [2.75, 3.05) is 6.54 Å². The lowest BCUT2D eigenvalue weighted by Crippen LogP contribution is -2.24. The number of amides is 2.